The second-order valence-corrected chi connectivity index (χ2v) is 8.63. The Kier molecular flexibility index (Phi) is 8.09. The number of halogens is 1. The maximum absolute atomic E-state index is 12.6. The minimum Gasteiger partial charge on any atom is -0.492 e. The summed E-state index contributed by atoms with van der Waals surface area (Å²) in [4.78, 5) is 37.2. The highest BCUT2D eigenvalue weighted by Gasteiger charge is 2.34. The summed E-state index contributed by atoms with van der Waals surface area (Å²) in [5.41, 5.74) is 3.39. The number of aldehydes is 1. The van der Waals surface area contributed by atoms with Gasteiger partial charge in [-0.25, -0.2) is 0 Å². The van der Waals surface area contributed by atoms with E-state index in [1.54, 1.807) is 43.3 Å². The van der Waals surface area contributed by atoms with E-state index in [0.29, 0.717) is 21.3 Å². The van der Waals surface area contributed by atoms with Crippen LogP contribution in [0, 0.1) is 0 Å². The van der Waals surface area contributed by atoms with E-state index in [0.717, 1.165) is 34.7 Å². The van der Waals surface area contributed by atoms with Crippen molar-refractivity contribution in [3.05, 3.63) is 86.8 Å². The van der Waals surface area contributed by atoms with Crippen LogP contribution in [0.3, 0.4) is 0 Å². The summed E-state index contributed by atoms with van der Waals surface area (Å²) in [6.07, 6.45) is 6.27. The fraction of sp³-hybridized carbons (Fsp3) is 0.160. The van der Waals surface area contributed by atoms with Crippen LogP contribution in [0.2, 0.25) is 5.02 Å². The Labute approximate surface area is 196 Å². The molecule has 164 valence electrons. The summed E-state index contributed by atoms with van der Waals surface area (Å²) in [5.74, 6) is 0.302. The molecule has 0 spiro atoms. The summed E-state index contributed by atoms with van der Waals surface area (Å²) >= 11 is 6.77. The molecule has 0 aromatic heterocycles. The van der Waals surface area contributed by atoms with Crippen LogP contribution in [0.1, 0.15) is 25.0 Å². The molecule has 0 bridgehead atoms. The third-order valence-corrected chi connectivity index (χ3v) is 5.70. The maximum atomic E-state index is 12.6. The summed E-state index contributed by atoms with van der Waals surface area (Å²) in [5, 5.41) is 0.299. The van der Waals surface area contributed by atoms with E-state index < -0.39 is 0 Å². The molecule has 3 rings (SSSR count). The van der Waals surface area contributed by atoms with Gasteiger partial charge in [-0.1, -0.05) is 41.9 Å². The zero-order valence-corrected chi connectivity index (χ0v) is 19.3. The fourth-order valence-electron chi connectivity index (χ4n) is 2.98. The van der Waals surface area contributed by atoms with Gasteiger partial charge in [0, 0.05) is 5.02 Å². The molecule has 0 saturated carbocycles. The number of benzene rings is 2. The molecule has 0 unspecified atom stereocenters. The highest BCUT2D eigenvalue weighted by atomic mass is 35.5. The van der Waals surface area contributed by atoms with Gasteiger partial charge in [0.25, 0.3) is 11.1 Å². The van der Waals surface area contributed by atoms with Crippen LogP contribution >= 0.6 is 23.4 Å². The molecule has 1 aliphatic rings. The number of allylic oxidation sites excluding steroid dienone is 3. The first-order valence-corrected chi connectivity index (χ1v) is 11.1. The highest BCUT2D eigenvalue weighted by Crippen LogP contribution is 2.31. The van der Waals surface area contributed by atoms with E-state index in [-0.39, 0.29) is 24.3 Å². The number of hydrogen-bond donors (Lipinski definition) is 0. The maximum Gasteiger partial charge on any atom is 0.293 e. The van der Waals surface area contributed by atoms with Crippen molar-refractivity contribution in [3.63, 3.8) is 0 Å². The van der Waals surface area contributed by atoms with Crippen molar-refractivity contribution in [2.24, 2.45) is 0 Å². The topological polar surface area (TPSA) is 63.7 Å². The Bertz CT molecular complexity index is 1100. The molecule has 1 saturated heterocycles. The quantitative estimate of drug-likeness (QED) is 0.351. The second-order valence-electron chi connectivity index (χ2n) is 7.20. The summed E-state index contributed by atoms with van der Waals surface area (Å²) in [6.45, 7) is 4.00. The van der Waals surface area contributed by atoms with Crippen molar-refractivity contribution in [2.75, 3.05) is 13.2 Å². The second kappa shape index (κ2) is 11.0. The third kappa shape index (κ3) is 6.45. The van der Waals surface area contributed by atoms with Gasteiger partial charge >= 0.3 is 0 Å². The van der Waals surface area contributed by atoms with Crippen molar-refractivity contribution >= 4 is 52.9 Å². The minimum atomic E-state index is -0.322. The number of amides is 2. The first-order valence-electron chi connectivity index (χ1n) is 9.91. The molecule has 2 aromatic rings. The van der Waals surface area contributed by atoms with Crippen LogP contribution in [-0.4, -0.2) is 35.5 Å². The molecule has 1 aliphatic heterocycles. The monoisotopic (exact) mass is 467 g/mol. The SMILES string of the molecule is C/C(C=O)=C\c1ccc(/C=C(C)/C=C2\SC(=O)N(CCOc3ccc(Cl)cc3)C2=O)cc1. The number of hydrogen-bond acceptors (Lipinski definition) is 5. The predicted octanol–water partition coefficient (Wildman–Crippen LogP) is 6.00. The van der Waals surface area contributed by atoms with E-state index in [9.17, 15) is 14.4 Å². The van der Waals surface area contributed by atoms with Gasteiger partial charge in [-0.15, -0.1) is 0 Å². The van der Waals surface area contributed by atoms with Crippen LogP contribution in [0.5, 0.6) is 5.75 Å². The molecule has 32 heavy (non-hydrogen) atoms. The standard InChI is InChI=1S/C25H22ClNO4S/c1-17(13-19-3-5-20(6-4-19)14-18(2)16-28)15-23-24(29)27(25(30)32-23)11-12-31-22-9-7-21(26)8-10-22/h3-10,13-16H,11-12H2,1-2H3/b17-13+,18-14+,23-15-. The lowest BCUT2D eigenvalue weighted by atomic mass is 10.1. The van der Waals surface area contributed by atoms with E-state index in [1.807, 2.05) is 37.3 Å². The number of carbonyl (C=O) groups excluding carboxylic acids is 3. The van der Waals surface area contributed by atoms with Crippen molar-refractivity contribution in [3.8, 4) is 5.75 Å². The smallest absolute Gasteiger partial charge is 0.293 e. The van der Waals surface area contributed by atoms with Crippen LogP contribution in [0.4, 0.5) is 4.79 Å². The van der Waals surface area contributed by atoms with Gasteiger partial charge in [-0.2, -0.15) is 0 Å². The number of nitrogens with zero attached hydrogens (tertiary/aromatic N) is 1. The van der Waals surface area contributed by atoms with Crippen LogP contribution in [0.25, 0.3) is 12.2 Å². The molecular weight excluding hydrogens is 446 g/mol. The Morgan fingerprint density at radius 3 is 2.16 bits per heavy atom. The van der Waals surface area contributed by atoms with Gasteiger partial charge in [0.05, 0.1) is 11.4 Å². The Morgan fingerprint density at radius 1 is 0.969 bits per heavy atom. The Morgan fingerprint density at radius 2 is 1.56 bits per heavy atom. The van der Waals surface area contributed by atoms with E-state index in [4.69, 9.17) is 16.3 Å². The van der Waals surface area contributed by atoms with Gasteiger partial charge in [0.15, 0.2) is 0 Å². The number of ether oxygens (including phenoxy) is 1. The lowest BCUT2D eigenvalue weighted by molar-refractivity contribution is -0.123. The number of carbonyl (C=O) groups is 3. The Hall–Kier alpha value is -3.09. The van der Waals surface area contributed by atoms with Crippen LogP contribution < -0.4 is 4.74 Å². The average molecular weight is 468 g/mol. The van der Waals surface area contributed by atoms with Crippen molar-refractivity contribution in [2.45, 2.75) is 13.8 Å². The fourth-order valence-corrected chi connectivity index (χ4v) is 4.02. The predicted molar refractivity (Wildman–Crippen MR) is 130 cm³/mol. The largest absolute Gasteiger partial charge is 0.492 e. The van der Waals surface area contributed by atoms with Gasteiger partial charge in [0.2, 0.25) is 0 Å². The molecular formula is C25H22ClNO4S. The molecule has 5 nitrogen and oxygen atoms in total. The van der Waals surface area contributed by atoms with Gasteiger partial charge in [-0.3, -0.25) is 19.3 Å². The van der Waals surface area contributed by atoms with Crippen molar-refractivity contribution in [1.29, 1.82) is 0 Å². The van der Waals surface area contributed by atoms with E-state index in [1.165, 1.54) is 4.90 Å². The number of thioether (sulfide) groups is 1. The molecule has 1 fully saturated rings. The van der Waals surface area contributed by atoms with Gasteiger partial charge in [0.1, 0.15) is 18.6 Å². The first-order chi connectivity index (χ1) is 15.4. The zero-order chi connectivity index (χ0) is 23.1. The van der Waals surface area contributed by atoms with Gasteiger partial charge in [-0.05, 0) is 84.3 Å². The molecule has 0 aliphatic carbocycles. The molecule has 0 radical (unpaired) electrons. The first kappa shape index (κ1) is 23.6. The molecule has 0 N–H and O–H groups in total. The highest BCUT2D eigenvalue weighted by molar-refractivity contribution is 8.18. The minimum absolute atomic E-state index is 0.169. The van der Waals surface area contributed by atoms with Crippen LogP contribution in [-0.2, 0) is 9.59 Å². The third-order valence-electron chi connectivity index (χ3n) is 4.54. The summed E-state index contributed by atoms with van der Waals surface area (Å²) in [7, 11) is 0. The van der Waals surface area contributed by atoms with Crippen molar-refractivity contribution in [1.82, 2.24) is 4.90 Å². The lowest BCUT2D eigenvalue weighted by Crippen LogP contribution is -2.32. The number of rotatable bonds is 8. The van der Waals surface area contributed by atoms with Crippen molar-refractivity contribution < 1.29 is 19.1 Å². The molecule has 0 atom stereocenters. The summed E-state index contributed by atoms with van der Waals surface area (Å²) in [6, 6.07) is 14.6. The molecule has 2 aromatic carbocycles. The van der Waals surface area contributed by atoms with Crippen LogP contribution in [0.15, 0.2) is 70.7 Å². The van der Waals surface area contributed by atoms with Gasteiger partial charge < -0.3 is 4.74 Å². The zero-order valence-electron chi connectivity index (χ0n) is 17.7. The van der Waals surface area contributed by atoms with E-state index in [2.05, 4.69) is 0 Å². The summed E-state index contributed by atoms with van der Waals surface area (Å²) < 4.78 is 5.59. The molecule has 1 heterocycles. The molecule has 7 heteroatoms. The average Bonchev–Trinajstić information content (AvgIpc) is 3.03. The normalized spacial score (nSPS) is 16.1. The molecule has 2 amide bonds. The number of imide groups is 1. The van der Waals surface area contributed by atoms with E-state index >= 15 is 0 Å². The lowest BCUT2D eigenvalue weighted by Gasteiger charge is -2.13. The Balaban J connectivity index is 1.61.